The van der Waals surface area contributed by atoms with Crippen LogP contribution in [0.3, 0.4) is 0 Å². The van der Waals surface area contributed by atoms with Crippen LogP contribution in [0.4, 0.5) is 11.6 Å². The molecule has 0 radical (unpaired) electrons. The largest absolute Gasteiger partial charge is 0.343 e. The van der Waals surface area contributed by atoms with E-state index >= 15 is 0 Å². The van der Waals surface area contributed by atoms with Crippen molar-refractivity contribution in [3.63, 3.8) is 0 Å². The number of hydrogen-bond donors (Lipinski definition) is 2. The van der Waals surface area contributed by atoms with Gasteiger partial charge in [-0.15, -0.1) is 0 Å². The summed E-state index contributed by atoms with van der Waals surface area (Å²) in [5.74, 6) is 0.0333. The molecule has 120 valence electrons. The highest BCUT2D eigenvalue weighted by atomic mass is 16.2. The van der Waals surface area contributed by atoms with Gasteiger partial charge in [0.25, 0.3) is 0 Å². The second kappa shape index (κ2) is 5.49. The first-order valence-electron chi connectivity index (χ1n) is 7.76. The Labute approximate surface area is 138 Å². The second-order valence-corrected chi connectivity index (χ2v) is 5.91. The van der Waals surface area contributed by atoms with E-state index in [0.29, 0.717) is 11.6 Å². The van der Waals surface area contributed by atoms with Crippen molar-refractivity contribution >= 4 is 34.5 Å². The Morgan fingerprint density at radius 3 is 2.92 bits per heavy atom. The van der Waals surface area contributed by atoms with E-state index in [-0.39, 0.29) is 18.2 Å². The molecule has 1 amide bonds. The van der Waals surface area contributed by atoms with Crippen LogP contribution in [0.15, 0.2) is 48.5 Å². The lowest BCUT2D eigenvalue weighted by atomic mass is 10.1. The molecule has 0 saturated carbocycles. The van der Waals surface area contributed by atoms with E-state index in [0.717, 1.165) is 16.6 Å². The van der Waals surface area contributed by atoms with Crippen molar-refractivity contribution in [3.05, 3.63) is 54.1 Å². The number of carbonyl (C=O) groups is 2. The van der Waals surface area contributed by atoms with E-state index in [4.69, 9.17) is 0 Å². The van der Waals surface area contributed by atoms with Gasteiger partial charge in [-0.05, 0) is 36.8 Å². The number of amides is 1. The highest BCUT2D eigenvalue weighted by Gasteiger charge is 2.31. The molecule has 2 N–H and O–H groups in total. The zero-order valence-electron chi connectivity index (χ0n) is 13.1. The summed E-state index contributed by atoms with van der Waals surface area (Å²) in [5.41, 5.74) is 3.26. The van der Waals surface area contributed by atoms with E-state index < -0.39 is 6.04 Å². The van der Waals surface area contributed by atoms with Gasteiger partial charge in [0, 0.05) is 5.69 Å². The van der Waals surface area contributed by atoms with Crippen molar-refractivity contribution in [1.82, 2.24) is 9.55 Å². The molecule has 0 fully saturated rings. The number of anilines is 2. The summed E-state index contributed by atoms with van der Waals surface area (Å²) < 4.78 is 1.53. The number of imidazole rings is 1. The van der Waals surface area contributed by atoms with Crippen molar-refractivity contribution in [2.24, 2.45) is 0 Å². The molecule has 6 heteroatoms. The molecular formula is C18H16N4O2. The Morgan fingerprint density at radius 1 is 1.25 bits per heavy atom. The second-order valence-electron chi connectivity index (χ2n) is 5.91. The SMILES string of the molecule is Cc1cccc(NC(=O)C2CC(=O)n3c(nc4ccccc43)N2)c1. The highest BCUT2D eigenvalue weighted by molar-refractivity contribution is 6.04. The van der Waals surface area contributed by atoms with Crippen LogP contribution in [0, 0.1) is 6.92 Å². The van der Waals surface area contributed by atoms with E-state index in [1.807, 2.05) is 55.5 Å². The summed E-state index contributed by atoms with van der Waals surface area (Å²) in [6.45, 7) is 1.96. The zero-order chi connectivity index (χ0) is 16.7. The molecule has 6 nitrogen and oxygen atoms in total. The average Bonchev–Trinajstić information content (AvgIpc) is 2.93. The summed E-state index contributed by atoms with van der Waals surface area (Å²) >= 11 is 0. The minimum atomic E-state index is -0.637. The van der Waals surface area contributed by atoms with Crippen molar-refractivity contribution in [2.45, 2.75) is 19.4 Å². The molecule has 1 aliphatic rings. The van der Waals surface area contributed by atoms with Crippen LogP contribution in [0.5, 0.6) is 0 Å². The number of para-hydroxylation sites is 2. The molecule has 1 aliphatic heterocycles. The zero-order valence-corrected chi connectivity index (χ0v) is 13.1. The van der Waals surface area contributed by atoms with Gasteiger partial charge in [0.05, 0.1) is 17.5 Å². The first kappa shape index (κ1) is 14.4. The highest BCUT2D eigenvalue weighted by Crippen LogP contribution is 2.25. The van der Waals surface area contributed by atoms with Crippen LogP contribution >= 0.6 is 0 Å². The Kier molecular flexibility index (Phi) is 3.30. The molecule has 2 aromatic carbocycles. The Bertz CT molecular complexity index is 961. The van der Waals surface area contributed by atoms with Gasteiger partial charge in [0.2, 0.25) is 17.8 Å². The lowest BCUT2D eigenvalue weighted by molar-refractivity contribution is -0.117. The van der Waals surface area contributed by atoms with Gasteiger partial charge < -0.3 is 10.6 Å². The van der Waals surface area contributed by atoms with Gasteiger partial charge in [-0.25, -0.2) is 9.55 Å². The third-order valence-corrected chi connectivity index (χ3v) is 4.09. The average molecular weight is 320 g/mol. The standard InChI is InChI=1S/C18H16N4O2/c1-11-5-4-6-12(9-11)19-17(24)14-10-16(23)22-15-8-3-2-7-13(15)20-18(22)21-14/h2-9,14H,10H2,1H3,(H,19,24)(H,20,21). The molecule has 0 aliphatic carbocycles. The quantitative estimate of drug-likeness (QED) is 0.761. The lowest BCUT2D eigenvalue weighted by Gasteiger charge is -2.23. The molecule has 24 heavy (non-hydrogen) atoms. The van der Waals surface area contributed by atoms with E-state index in [1.54, 1.807) is 0 Å². The van der Waals surface area contributed by atoms with Gasteiger partial charge in [-0.2, -0.15) is 0 Å². The molecule has 1 atom stereocenters. The summed E-state index contributed by atoms with van der Waals surface area (Å²) in [6, 6.07) is 14.3. The maximum absolute atomic E-state index is 12.5. The molecule has 1 unspecified atom stereocenters. The van der Waals surface area contributed by atoms with Gasteiger partial charge >= 0.3 is 0 Å². The van der Waals surface area contributed by atoms with Crippen LogP contribution in [0.25, 0.3) is 11.0 Å². The predicted molar refractivity (Wildman–Crippen MR) is 92.2 cm³/mol. The number of nitrogens with one attached hydrogen (secondary N) is 2. The third kappa shape index (κ3) is 2.42. The number of aromatic nitrogens is 2. The smallest absolute Gasteiger partial charge is 0.247 e. The first-order valence-corrected chi connectivity index (χ1v) is 7.76. The molecule has 4 rings (SSSR count). The van der Waals surface area contributed by atoms with E-state index in [1.165, 1.54) is 4.57 Å². The van der Waals surface area contributed by atoms with Crippen LogP contribution < -0.4 is 10.6 Å². The number of rotatable bonds is 2. The van der Waals surface area contributed by atoms with Crippen molar-refractivity contribution < 1.29 is 9.59 Å². The Hall–Kier alpha value is -3.15. The monoisotopic (exact) mass is 320 g/mol. The number of aryl methyl sites for hydroxylation is 1. The minimum absolute atomic E-state index is 0.0883. The fourth-order valence-electron chi connectivity index (χ4n) is 2.96. The summed E-state index contributed by atoms with van der Waals surface area (Å²) in [4.78, 5) is 29.4. The van der Waals surface area contributed by atoms with Crippen molar-refractivity contribution in [1.29, 1.82) is 0 Å². The Morgan fingerprint density at radius 2 is 2.08 bits per heavy atom. The number of carbonyl (C=O) groups excluding carboxylic acids is 2. The van der Waals surface area contributed by atoms with Crippen molar-refractivity contribution in [2.75, 3.05) is 10.6 Å². The fourth-order valence-corrected chi connectivity index (χ4v) is 2.96. The maximum Gasteiger partial charge on any atom is 0.247 e. The normalized spacial score (nSPS) is 16.5. The number of hydrogen-bond acceptors (Lipinski definition) is 4. The molecular weight excluding hydrogens is 304 g/mol. The van der Waals surface area contributed by atoms with Crippen LogP contribution in [-0.4, -0.2) is 27.4 Å². The molecule has 2 heterocycles. The number of nitrogens with zero attached hydrogens (tertiary/aromatic N) is 2. The molecule has 0 saturated heterocycles. The van der Waals surface area contributed by atoms with Gasteiger partial charge in [0.15, 0.2) is 0 Å². The Balaban J connectivity index is 1.60. The number of benzene rings is 2. The third-order valence-electron chi connectivity index (χ3n) is 4.09. The van der Waals surface area contributed by atoms with Gasteiger partial charge in [-0.3, -0.25) is 9.59 Å². The first-order chi connectivity index (χ1) is 11.6. The lowest BCUT2D eigenvalue weighted by Crippen LogP contribution is -2.42. The fraction of sp³-hybridized carbons (Fsp3) is 0.167. The predicted octanol–water partition coefficient (Wildman–Crippen LogP) is 2.81. The molecule has 3 aromatic rings. The van der Waals surface area contributed by atoms with E-state index in [9.17, 15) is 9.59 Å². The van der Waals surface area contributed by atoms with Gasteiger partial charge in [0.1, 0.15) is 6.04 Å². The van der Waals surface area contributed by atoms with Crippen LogP contribution in [0.1, 0.15) is 16.8 Å². The van der Waals surface area contributed by atoms with Crippen molar-refractivity contribution in [3.8, 4) is 0 Å². The molecule has 0 bridgehead atoms. The van der Waals surface area contributed by atoms with Crippen LogP contribution in [0.2, 0.25) is 0 Å². The van der Waals surface area contributed by atoms with E-state index in [2.05, 4.69) is 15.6 Å². The summed E-state index contributed by atoms with van der Waals surface area (Å²) in [5, 5.41) is 5.92. The summed E-state index contributed by atoms with van der Waals surface area (Å²) in [6.07, 6.45) is 0.0883. The topological polar surface area (TPSA) is 76.0 Å². The molecule has 0 spiro atoms. The maximum atomic E-state index is 12.5. The van der Waals surface area contributed by atoms with Gasteiger partial charge in [-0.1, -0.05) is 24.3 Å². The van der Waals surface area contributed by atoms with Crippen LogP contribution in [-0.2, 0) is 4.79 Å². The molecule has 1 aromatic heterocycles. The number of fused-ring (bicyclic) bond motifs is 3. The summed E-state index contributed by atoms with van der Waals surface area (Å²) in [7, 11) is 0. The minimum Gasteiger partial charge on any atom is -0.343 e.